The van der Waals surface area contributed by atoms with Gasteiger partial charge in [0.15, 0.2) is 0 Å². The summed E-state index contributed by atoms with van der Waals surface area (Å²) in [5.74, 6) is 2.23. The number of rotatable bonds is 1. The van der Waals surface area contributed by atoms with Crippen LogP contribution in [0.15, 0.2) is 12.4 Å². The molecule has 0 aliphatic carbocycles. The summed E-state index contributed by atoms with van der Waals surface area (Å²) in [5.41, 5.74) is 0. The van der Waals surface area contributed by atoms with Crippen LogP contribution in [0.25, 0.3) is 5.78 Å². The van der Waals surface area contributed by atoms with Crippen LogP contribution in [0.1, 0.15) is 20.3 Å². The lowest BCUT2D eigenvalue weighted by Gasteiger charge is -2.23. The maximum atomic E-state index is 6.02. The number of aromatic nitrogens is 4. The molecule has 90 valence electrons. The number of halogens is 1. The van der Waals surface area contributed by atoms with Crippen LogP contribution in [0.4, 0.5) is 5.82 Å². The first-order chi connectivity index (χ1) is 8.15. The van der Waals surface area contributed by atoms with E-state index in [0.29, 0.717) is 22.9 Å². The fraction of sp³-hybridized carbons (Fsp3) is 0.545. The predicted molar refractivity (Wildman–Crippen MR) is 66.4 cm³/mol. The van der Waals surface area contributed by atoms with Crippen molar-refractivity contribution < 1.29 is 0 Å². The first kappa shape index (κ1) is 10.8. The smallest absolute Gasteiger partial charge is 0.255 e. The summed E-state index contributed by atoms with van der Waals surface area (Å²) in [6.07, 6.45) is 2.70. The van der Waals surface area contributed by atoms with E-state index in [1.807, 2.05) is 6.07 Å². The highest BCUT2D eigenvalue weighted by Gasteiger charge is 2.28. The van der Waals surface area contributed by atoms with Crippen molar-refractivity contribution in [3.8, 4) is 0 Å². The number of anilines is 1. The monoisotopic (exact) mass is 251 g/mol. The molecule has 0 spiro atoms. The average Bonchev–Trinajstić information content (AvgIpc) is 2.83. The molecule has 1 aliphatic heterocycles. The Balaban J connectivity index is 2.13. The second-order valence-electron chi connectivity index (χ2n) is 4.75. The van der Waals surface area contributed by atoms with Gasteiger partial charge in [-0.25, -0.2) is 0 Å². The Labute approximate surface area is 104 Å². The van der Waals surface area contributed by atoms with E-state index in [1.165, 1.54) is 12.7 Å². The van der Waals surface area contributed by atoms with E-state index in [9.17, 15) is 0 Å². The number of hydrogen-bond acceptors (Lipinski definition) is 4. The summed E-state index contributed by atoms with van der Waals surface area (Å²) in [5, 5.41) is 4.67. The van der Waals surface area contributed by atoms with Crippen LogP contribution in [-0.2, 0) is 0 Å². The number of hydrogen-bond donors (Lipinski definition) is 0. The van der Waals surface area contributed by atoms with Gasteiger partial charge in [-0.2, -0.15) is 19.6 Å². The van der Waals surface area contributed by atoms with Gasteiger partial charge in [0.05, 0.1) is 0 Å². The van der Waals surface area contributed by atoms with Gasteiger partial charge >= 0.3 is 0 Å². The average molecular weight is 252 g/mol. The zero-order valence-electron chi connectivity index (χ0n) is 9.84. The minimum atomic E-state index is 0.465. The van der Waals surface area contributed by atoms with E-state index in [2.05, 4.69) is 33.8 Å². The van der Waals surface area contributed by atoms with Crippen LogP contribution in [0, 0.1) is 5.92 Å². The molecule has 2 aromatic heterocycles. The molecule has 3 rings (SSSR count). The largest absolute Gasteiger partial charge is 0.353 e. The molecule has 1 saturated heterocycles. The molecular weight excluding hydrogens is 238 g/mol. The molecule has 0 N–H and O–H groups in total. The molecule has 0 saturated carbocycles. The third kappa shape index (κ3) is 1.74. The minimum absolute atomic E-state index is 0.465. The van der Waals surface area contributed by atoms with Crippen LogP contribution in [0.5, 0.6) is 0 Å². The number of nitrogens with zero attached hydrogens (tertiary/aromatic N) is 5. The lowest BCUT2D eigenvalue weighted by molar-refractivity contribution is 0.624. The molecule has 0 aromatic carbocycles. The first-order valence-corrected chi connectivity index (χ1v) is 6.16. The molecule has 2 aromatic rings. The van der Waals surface area contributed by atoms with Crippen LogP contribution in [0.3, 0.4) is 0 Å². The third-order valence-electron chi connectivity index (χ3n) is 3.28. The van der Waals surface area contributed by atoms with Crippen molar-refractivity contribution in [3.63, 3.8) is 0 Å². The lowest BCUT2D eigenvalue weighted by Crippen LogP contribution is -2.29. The fourth-order valence-corrected chi connectivity index (χ4v) is 2.77. The zero-order chi connectivity index (χ0) is 12.0. The molecule has 17 heavy (non-hydrogen) atoms. The predicted octanol–water partition coefficient (Wildman–Crippen LogP) is 2.01. The Hall–Kier alpha value is -1.36. The van der Waals surface area contributed by atoms with Crippen LogP contribution >= 0.6 is 11.6 Å². The maximum Gasteiger partial charge on any atom is 0.255 e. The maximum absolute atomic E-state index is 6.02. The normalized spacial score (nSPS) is 24.8. The second kappa shape index (κ2) is 3.84. The highest BCUT2D eigenvalue weighted by Crippen LogP contribution is 2.29. The summed E-state index contributed by atoms with van der Waals surface area (Å²) < 4.78 is 1.75. The Bertz CT molecular complexity index is 552. The van der Waals surface area contributed by atoms with Gasteiger partial charge in [-0.15, -0.1) is 0 Å². The molecule has 5 nitrogen and oxygen atoms in total. The van der Waals surface area contributed by atoms with Gasteiger partial charge < -0.3 is 4.90 Å². The van der Waals surface area contributed by atoms with Crippen molar-refractivity contribution in [1.29, 1.82) is 0 Å². The van der Waals surface area contributed by atoms with Crippen LogP contribution in [0.2, 0.25) is 5.15 Å². The van der Waals surface area contributed by atoms with Crippen molar-refractivity contribution in [1.82, 2.24) is 19.6 Å². The highest BCUT2D eigenvalue weighted by molar-refractivity contribution is 6.29. The topological polar surface area (TPSA) is 46.3 Å². The van der Waals surface area contributed by atoms with Gasteiger partial charge in [-0.1, -0.05) is 18.5 Å². The van der Waals surface area contributed by atoms with Crippen LogP contribution in [-0.4, -0.2) is 32.2 Å². The lowest BCUT2D eigenvalue weighted by atomic mass is 10.1. The van der Waals surface area contributed by atoms with E-state index in [0.717, 1.165) is 12.4 Å². The molecule has 3 heterocycles. The highest BCUT2D eigenvalue weighted by atomic mass is 35.5. The fourth-order valence-electron chi connectivity index (χ4n) is 2.59. The SMILES string of the molecule is CC1CC(C)N(c2cc(Cl)nc3ncnn23)C1. The number of fused-ring (bicyclic) bond motifs is 1. The third-order valence-corrected chi connectivity index (χ3v) is 3.47. The minimum Gasteiger partial charge on any atom is -0.353 e. The zero-order valence-corrected chi connectivity index (χ0v) is 10.6. The van der Waals surface area contributed by atoms with Crippen molar-refractivity contribution in [2.75, 3.05) is 11.4 Å². The van der Waals surface area contributed by atoms with E-state index in [1.54, 1.807) is 4.52 Å². The summed E-state index contributed by atoms with van der Waals surface area (Å²) >= 11 is 6.02. The van der Waals surface area contributed by atoms with Gasteiger partial charge in [-0.05, 0) is 19.3 Å². The molecule has 1 fully saturated rings. The van der Waals surface area contributed by atoms with E-state index in [-0.39, 0.29) is 0 Å². The Kier molecular flexibility index (Phi) is 2.43. The summed E-state index contributed by atoms with van der Waals surface area (Å²) in [6.45, 7) is 5.51. The summed E-state index contributed by atoms with van der Waals surface area (Å²) in [4.78, 5) is 10.5. The first-order valence-electron chi connectivity index (χ1n) is 5.78. The van der Waals surface area contributed by atoms with Gasteiger partial charge in [-0.3, -0.25) is 0 Å². The summed E-state index contributed by atoms with van der Waals surface area (Å²) in [6, 6.07) is 2.36. The van der Waals surface area contributed by atoms with Crippen molar-refractivity contribution in [2.24, 2.45) is 5.92 Å². The summed E-state index contributed by atoms with van der Waals surface area (Å²) in [7, 11) is 0. The van der Waals surface area contributed by atoms with Gasteiger partial charge in [0.25, 0.3) is 5.78 Å². The quantitative estimate of drug-likeness (QED) is 0.728. The molecule has 1 aliphatic rings. The molecule has 0 bridgehead atoms. The Morgan fingerprint density at radius 1 is 1.41 bits per heavy atom. The Morgan fingerprint density at radius 3 is 2.94 bits per heavy atom. The second-order valence-corrected chi connectivity index (χ2v) is 5.14. The van der Waals surface area contributed by atoms with E-state index in [4.69, 9.17) is 11.6 Å². The van der Waals surface area contributed by atoms with Crippen molar-refractivity contribution >= 4 is 23.2 Å². The van der Waals surface area contributed by atoms with Gasteiger partial charge in [0.1, 0.15) is 17.3 Å². The molecule has 0 radical (unpaired) electrons. The van der Waals surface area contributed by atoms with E-state index >= 15 is 0 Å². The molecule has 2 unspecified atom stereocenters. The van der Waals surface area contributed by atoms with Crippen molar-refractivity contribution in [3.05, 3.63) is 17.5 Å². The van der Waals surface area contributed by atoms with Crippen molar-refractivity contribution in [2.45, 2.75) is 26.3 Å². The molecular formula is C11H14ClN5. The molecule has 6 heteroatoms. The Morgan fingerprint density at radius 2 is 2.24 bits per heavy atom. The van der Waals surface area contributed by atoms with Gasteiger partial charge in [0, 0.05) is 18.7 Å². The standard InChI is InChI=1S/C11H14ClN5/c1-7-3-8(2)16(5-7)10-4-9(12)15-11-13-6-14-17(10)11/h4,6-8H,3,5H2,1-2H3. The van der Waals surface area contributed by atoms with E-state index < -0.39 is 0 Å². The van der Waals surface area contributed by atoms with Crippen LogP contribution < -0.4 is 4.90 Å². The van der Waals surface area contributed by atoms with Gasteiger partial charge in [0.2, 0.25) is 0 Å². The molecule has 0 amide bonds. The molecule has 2 atom stereocenters.